The van der Waals surface area contributed by atoms with Crippen LogP contribution in [-0.4, -0.2) is 34.2 Å². The molecule has 0 aliphatic carbocycles. The Hall–Kier alpha value is -2.89. The van der Waals surface area contributed by atoms with Crippen molar-refractivity contribution >= 4 is 21.8 Å². The van der Waals surface area contributed by atoms with Gasteiger partial charge < -0.3 is 4.74 Å². The summed E-state index contributed by atoms with van der Waals surface area (Å²) in [5.41, 5.74) is 1.92. The summed E-state index contributed by atoms with van der Waals surface area (Å²) in [4.78, 5) is 13.0. The van der Waals surface area contributed by atoms with E-state index < -0.39 is 15.8 Å². The van der Waals surface area contributed by atoms with Gasteiger partial charge in [0.15, 0.2) is 0 Å². The summed E-state index contributed by atoms with van der Waals surface area (Å²) >= 11 is 0. The Kier molecular flexibility index (Phi) is 5.74. The fourth-order valence-corrected chi connectivity index (χ4v) is 3.52. The van der Waals surface area contributed by atoms with Crippen molar-refractivity contribution in [3.05, 3.63) is 65.5 Å². The van der Waals surface area contributed by atoms with Crippen LogP contribution < -0.4 is 9.62 Å². The Balaban J connectivity index is 1.53. The van der Waals surface area contributed by atoms with E-state index >= 15 is 0 Å². The van der Waals surface area contributed by atoms with E-state index in [1.165, 1.54) is 29.2 Å². The number of carbonyl (C=O) groups excluding carboxylic acids is 1. The second-order valence-corrected chi connectivity index (χ2v) is 7.63. The molecule has 1 heterocycles. The number of nitrogens with one attached hydrogen (secondary N) is 1. The fraction of sp³-hybridized carbons (Fsp3) is 0.211. The predicted octanol–water partition coefficient (Wildman–Crippen LogP) is 2.25. The van der Waals surface area contributed by atoms with E-state index in [1.807, 2.05) is 0 Å². The van der Waals surface area contributed by atoms with E-state index in [0.717, 1.165) is 5.69 Å². The van der Waals surface area contributed by atoms with E-state index in [1.54, 1.807) is 24.3 Å². The molecule has 3 rings (SSSR count). The third kappa shape index (κ3) is 5.29. The number of anilines is 1. The van der Waals surface area contributed by atoms with Crippen molar-refractivity contribution < 1.29 is 22.3 Å². The molecular weight excluding hydrogens is 371 g/mol. The molecule has 0 saturated carbocycles. The Bertz CT molecular complexity index is 977. The van der Waals surface area contributed by atoms with Crippen LogP contribution in [0.4, 0.5) is 14.9 Å². The van der Waals surface area contributed by atoms with E-state index in [4.69, 9.17) is 4.74 Å². The molecule has 6 nitrogen and oxygen atoms in total. The van der Waals surface area contributed by atoms with Crippen molar-refractivity contribution in [3.63, 3.8) is 0 Å². The lowest BCUT2D eigenvalue weighted by atomic mass is 10.2. The van der Waals surface area contributed by atoms with Gasteiger partial charge in [0.1, 0.15) is 12.4 Å². The standard InChI is InChI=1S/C19H17FN2O4S/c20-17-7-3-16(4-8-17)14-27(24,25)21-11-1-2-15-5-9-18(10-6-15)22-12-13-26-19(22)23/h3-10,21H,11-14H2. The number of sulfonamides is 1. The van der Waals surface area contributed by atoms with Crippen LogP contribution in [-0.2, 0) is 20.5 Å². The number of rotatable bonds is 5. The molecule has 1 saturated heterocycles. The van der Waals surface area contributed by atoms with Gasteiger partial charge in [-0.2, -0.15) is 0 Å². The summed E-state index contributed by atoms with van der Waals surface area (Å²) in [6.45, 7) is 0.849. The summed E-state index contributed by atoms with van der Waals surface area (Å²) in [7, 11) is -3.56. The minimum Gasteiger partial charge on any atom is -0.447 e. The first-order chi connectivity index (χ1) is 12.9. The average molecular weight is 388 g/mol. The molecule has 1 N–H and O–H groups in total. The van der Waals surface area contributed by atoms with Crippen molar-refractivity contribution in [2.24, 2.45) is 0 Å². The zero-order chi connectivity index (χ0) is 19.3. The predicted molar refractivity (Wildman–Crippen MR) is 99.0 cm³/mol. The van der Waals surface area contributed by atoms with Crippen LogP contribution >= 0.6 is 0 Å². The van der Waals surface area contributed by atoms with E-state index in [-0.39, 0.29) is 18.4 Å². The smallest absolute Gasteiger partial charge is 0.414 e. The Morgan fingerprint density at radius 2 is 1.81 bits per heavy atom. The van der Waals surface area contributed by atoms with E-state index in [0.29, 0.717) is 24.3 Å². The molecule has 2 aromatic rings. The molecule has 0 radical (unpaired) electrons. The molecular formula is C19H17FN2O4S. The third-order valence-corrected chi connectivity index (χ3v) is 5.12. The summed E-state index contributed by atoms with van der Waals surface area (Å²) in [5, 5.41) is 0. The van der Waals surface area contributed by atoms with Crippen LogP contribution in [0.5, 0.6) is 0 Å². The van der Waals surface area contributed by atoms with Crippen LogP contribution in [0.15, 0.2) is 48.5 Å². The zero-order valence-corrected chi connectivity index (χ0v) is 15.1. The fourth-order valence-electron chi connectivity index (χ4n) is 2.50. The monoisotopic (exact) mass is 388 g/mol. The Labute approximate surface area is 157 Å². The molecule has 1 amide bonds. The van der Waals surface area contributed by atoms with Crippen LogP contribution in [0, 0.1) is 17.7 Å². The van der Waals surface area contributed by atoms with Crippen LogP contribution in [0.2, 0.25) is 0 Å². The van der Waals surface area contributed by atoms with Crippen LogP contribution in [0.3, 0.4) is 0 Å². The van der Waals surface area contributed by atoms with E-state index in [2.05, 4.69) is 16.6 Å². The minimum absolute atomic E-state index is 0.0380. The molecule has 1 fully saturated rings. The van der Waals surface area contributed by atoms with Gasteiger partial charge in [0.25, 0.3) is 0 Å². The first kappa shape index (κ1) is 18.9. The first-order valence-corrected chi connectivity index (χ1v) is 9.83. The van der Waals surface area contributed by atoms with Gasteiger partial charge in [-0.15, -0.1) is 0 Å². The number of benzene rings is 2. The third-order valence-electron chi connectivity index (χ3n) is 3.82. The van der Waals surface area contributed by atoms with Crippen molar-refractivity contribution in [2.75, 3.05) is 24.6 Å². The highest BCUT2D eigenvalue weighted by Crippen LogP contribution is 2.18. The maximum Gasteiger partial charge on any atom is 0.414 e. The molecule has 0 spiro atoms. The second-order valence-electron chi connectivity index (χ2n) is 5.82. The molecule has 0 bridgehead atoms. The number of nitrogens with zero attached hydrogens (tertiary/aromatic N) is 1. The average Bonchev–Trinajstić information content (AvgIpc) is 3.07. The first-order valence-electron chi connectivity index (χ1n) is 8.18. The lowest BCUT2D eigenvalue weighted by Gasteiger charge is -2.11. The second kappa shape index (κ2) is 8.20. The number of ether oxygens (including phenoxy) is 1. The number of hydrogen-bond donors (Lipinski definition) is 1. The van der Waals surface area contributed by atoms with Gasteiger partial charge in [0.05, 0.1) is 18.8 Å². The SMILES string of the molecule is O=C1OCCN1c1ccc(C#CCNS(=O)(=O)Cc2ccc(F)cc2)cc1. The molecule has 27 heavy (non-hydrogen) atoms. The van der Waals surface area contributed by atoms with Crippen molar-refractivity contribution in [2.45, 2.75) is 5.75 Å². The topological polar surface area (TPSA) is 75.7 Å². The van der Waals surface area contributed by atoms with Gasteiger partial charge in [-0.1, -0.05) is 24.0 Å². The van der Waals surface area contributed by atoms with E-state index in [9.17, 15) is 17.6 Å². The lowest BCUT2D eigenvalue weighted by Crippen LogP contribution is -2.25. The van der Waals surface area contributed by atoms with Gasteiger partial charge >= 0.3 is 6.09 Å². The normalized spacial score (nSPS) is 13.8. The highest BCUT2D eigenvalue weighted by Gasteiger charge is 2.23. The number of halogens is 1. The Morgan fingerprint density at radius 3 is 2.44 bits per heavy atom. The van der Waals surface area contributed by atoms with Crippen molar-refractivity contribution in [1.29, 1.82) is 0 Å². The van der Waals surface area contributed by atoms with Crippen LogP contribution in [0.25, 0.3) is 0 Å². The largest absolute Gasteiger partial charge is 0.447 e. The molecule has 0 atom stereocenters. The lowest BCUT2D eigenvalue weighted by molar-refractivity contribution is 0.181. The Morgan fingerprint density at radius 1 is 1.11 bits per heavy atom. The zero-order valence-electron chi connectivity index (χ0n) is 14.3. The van der Waals surface area contributed by atoms with Crippen LogP contribution in [0.1, 0.15) is 11.1 Å². The summed E-state index contributed by atoms with van der Waals surface area (Å²) in [6.07, 6.45) is -0.371. The maximum atomic E-state index is 12.9. The van der Waals surface area contributed by atoms with Crippen molar-refractivity contribution in [3.8, 4) is 11.8 Å². The highest BCUT2D eigenvalue weighted by atomic mass is 32.2. The van der Waals surface area contributed by atoms with Gasteiger partial charge in [0.2, 0.25) is 10.0 Å². The highest BCUT2D eigenvalue weighted by molar-refractivity contribution is 7.88. The van der Waals surface area contributed by atoms with Gasteiger partial charge in [-0.05, 0) is 42.0 Å². The molecule has 1 aliphatic rings. The summed E-state index contributed by atoms with van der Waals surface area (Å²) in [6, 6.07) is 12.3. The summed E-state index contributed by atoms with van der Waals surface area (Å²) in [5.74, 6) is 4.95. The molecule has 140 valence electrons. The minimum atomic E-state index is -3.56. The number of hydrogen-bond acceptors (Lipinski definition) is 4. The molecule has 0 unspecified atom stereocenters. The van der Waals surface area contributed by atoms with Crippen molar-refractivity contribution in [1.82, 2.24) is 4.72 Å². The summed E-state index contributed by atoms with van der Waals surface area (Å²) < 4.78 is 44.1. The van der Waals surface area contributed by atoms with Gasteiger partial charge in [0, 0.05) is 11.3 Å². The van der Waals surface area contributed by atoms with Gasteiger partial charge in [-0.3, -0.25) is 4.90 Å². The molecule has 8 heteroatoms. The molecule has 1 aliphatic heterocycles. The quantitative estimate of drug-likeness (QED) is 0.798. The van der Waals surface area contributed by atoms with Gasteiger partial charge in [-0.25, -0.2) is 22.3 Å². The molecule has 2 aromatic carbocycles. The number of carbonyl (C=O) groups is 1. The molecule has 0 aromatic heterocycles. The number of amides is 1. The number of cyclic esters (lactones) is 1. The maximum absolute atomic E-state index is 12.9.